The average molecular weight is 484 g/mol. The van der Waals surface area contributed by atoms with Gasteiger partial charge in [-0.3, -0.25) is 4.79 Å². The van der Waals surface area contributed by atoms with Crippen molar-refractivity contribution in [3.05, 3.63) is 71.3 Å². The number of halogens is 2. The average Bonchev–Trinajstić information content (AvgIpc) is 2.77. The largest absolute Gasteiger partial charge is 0.348 e. The molecule has 32 heavy (non-hydrogen) atoms. The Hall–Kier alpha value is -2.12. The molecule has 0 spiro atoms. The molecule has 1 amide bonds. The predicted octanol–water partition coefficient (Wildman–Crippen LogP) is 3.67. The van der Waals surface area contributed by atoms with Gasteiger partial charge in [-0.2, -0.15) is 5.48 Å². The minimum atomic E-state index is -0.752. The molecular formula is C24H35Cl2N3O3. The van der Waals surface area contributed by atoms with Gasteiger partial charge in [0.2, 0.25) is 0 Å². The quantitative estimate of drug-likeness (QED) is 0.315. The van der Waals surface area contributed by atoms with Crippen molar-refractivity contribution in [2.24, 2.45) is 11.5 Å². The zero-order chi connectivity index (χ0) is 21.6. The van der Waals surface area contributed by atoms with E-state index >= 15 is 0 Å². The third-order valence-corrected chi connectivity index (χ3v) is 4.95. The first kappa shape index (κ1) is 29.9. The number of nitrogens with one attached hydrogen (secondary N) is 1. The molecule has 0 saturated carbocycles. The van der Waals surface area contributed by atoms with Crippen LogP contribution in [0.25, 0.3) is 0 Å². The number of carbonyl (C=O) groups excluding carboxylic acids is 2. The second-order valence-corrected chi connectivity index (χ2v) is 7.52. The van der Waals surface area contributed by atoms with Crippen molar-refractivity contribution < 1.29 is 14.4 Å². The lowest BCUT2D eigenvalue weighted by Crippen LogP contribution is -2.38. The minimum absolute atomic E-state index is 0. The molecule has 0 heterocycles. The minimum Gasteiger partial charge on any atom is -0.339 e. The van der Waals surface area contributed by atoms with E-state index in [-0.39, 0.29) is 37.1 Å². The van der Waals surface area contributed by atoms with E-state index in [9.17, 15) is 9.59 Å². The van der Waals surface area contributed by atoms with E-state index in [1.165, 1.54) is 11.1 Å². The zero-order valence-electron chi connectivity index (χ0n) is 18.3. The lowest BCUT2D eigenvalue weighted by Gasteiger charge is -2.11. The fourth-order valence-corrected chi connectivity index (χ4v) is 3.16. The number of benzene rings is 2. The first-order chi connectivity index (χ1) is 14.6. The number of unbranched alkanes of at least 4 members (excludes halogenated alkanes) is 2. The first-order valence-electron chi connectivity index (χ1n) is 10.7. The van der Waals surface area contributed by atoms with Gasteiger partial charge in [-0.1, -0.05) is 61.0 Å². The van der Waals surface area contributed by atoms with E-state index in [1.807, 2.05) is 30.3 Å². The molecule has 5 N–H and O–H groups in total. The number of amides is 1. The van der Waals surface area contributed by atoms with Crippen LogP contribution in [0.15, 0.2) is 54.6 Å². The highest BCUT2D eigenvalue weighted by Gasteiger charge is 2.16. The lowest BCUT2D eigenvalue weighted by molar-refractivity contribution is -0.159. The normalized spacial score (nSPS) is 10.9. The number of carbonyl (C=O) groups is 2. The molecule has 1 atom stereocenters. The van der Waals surface area contributed by atoms with Crippen LogP contribution >= 0.6 is 24.8 Å². The standard InChI is InChI=1S/C24H33N3O3.2ClH/c25-17-7-6-12-22(26)24(29)30-27-23(28)18-21-15-13-20(14-16-21)11-5-4-10-19-8-2-1-3-9-19;;/h1-3,8-9,13-16,22H,4-7,10-12,17-18,25-26H2,(H,27,28);2*1H. The van der Waals surface area contributed by atoms with Crippen LogP contribution in [-0.2, 0) is 33.7 Å². The maximum Gasteiger partial charge on any atom is 0.348 e. The fourth-order valence-electron chi connectivity index (χ4n) is 3.16. The van der Waals surface area contributed by atoms with Gasteiger partial charge in [-0.05, 0) is 61.8 Å². The van der Waals surface area contributed by atoms with Gasteiger partial charge in [0.05, 0.1) is 6.42 Å². The van der Waals surface area contributed by atoms with Crippen molar-refractivity contribution in [2.45, 2.75) is 57.4 Å². The Balaban J connectivity index is 0.00000480. The molecular weight excluding hydrogens is 449 g/mol. The summed E-state index contributed by atoms with van der Waals surface area (Å²) >= 11 is 0. The summed E-state index contributed by atoms with van der Waals surface area (Å²) in [6.07, 6.45) is 6.55. The van der Waals surface area contributed by atoms with Crippen molar-refractivity contribution in [2.75, 3.05) is 6.54 Å². The molecule has 0 aromatic heterocycles. The number of rotatable bonds is 12. The summed E-state index contributed by atoms with van der Waals surface area (Å²) in [5.41, 5.74) is 16.8. The highest BCUT2D eigenvalue weighted by atomic mass is 35.5. The predicted molar refractivity (Wildman–Crippen MR) is 133 cm³/mol. The van der Waals surface area contributed by atoms with Gasteiger partial charge in [0.1, 0.15) is 6.04 Å². The van der Waals surface area contributed by atoms with Crippen LogP contribution in [0.4, 0.5) is 0 Å². The third-order valence-electron chi connectivity index (χ3n) is 4.95. The molecule has 2 aromatic rings. The van der Waals surface area contributed by atoms with Crippen molar-refractivity contribution in [3.8, 4) is 0 Å². The van der Waals surface area contributed by atoms with Crippen molar-refractivity contribution in [1.82, 2.24) is 5.48 Å². The van der Waals surface area contributed by atoms with Gasteiger partial charge >= 0.3 is 5.97 Å². The van der Waals surface area contributed by atoms with Gasteiger partial charge < -0.3 is 16.3 Å². The molecule has 0 saturated heterocycles. The van der Waals surface area contributed by atoms with Crippen LogP contribution < -0.4 is 16.9 Å². The van der Waals surface area contributed by atoms with E-state index in [0.717, 1.165) is 44.1 Å². The third kappa shape index (κ3) is 12.1. The Kier molecular flexibility index (Phi) is 16.3. The molecule has 6 nitrogen and oxygen atoms in total. The number of hydroxylamine groups is 1. The van der Waals surface area contributed by atoms with E-state index in [1.54, 1.807) is 0 Å². The second kappa shape index (κ2) is 17.4. The Bertz CT molecular complexity index is 774. The summed E-state index contributed by atoms with van der Waals surface area (Å²) in [6, 6.07) is 17.7. The van der Waals surface area contributed by atoms with Gasteiger partial charge in [0.15, 0.2) is 0 Å². The summed E-state index contributed by atoms with van der Waals surface area (Å²) in [4.78, 5) is 28.5. The van der Waals surface area contributed by atoms with Crippen molar-refractivity contribution in [1.29, 1.82) is 0 Å². The topological polar surface area (TPSA) is 107 Å². The molecule has 2 aromatic carbocycles. The van der Waals surface area contributed by atoms with Crippen LogP contribution in [0, 0.1) is 0 Å². The zero-order valence-corrected chi connectivity index (χ0v) is 20.0. The fraction of sp³-hybridized carbons (Fsp3) is 0.417. The Labute approximate surface area is 203 Å². The molecule has 1 unspecified atom stereocenters. The molecule has 8 heteroatoms. The highest BCUT2D eigenvalue weighted by Crippen LogP contribution is 2.11. The summed E-state index contributed by atoms with van der Waals surface area (Å²) in [5, 5.41) is 0. The van der Waals surface area contributed by atoms with Crippen LogP contribution in [0.1, 0.15) is 48.8 Å². The first-order valence-corrected chi connectivity index (χ1v) is 10.7. The maximum absolute atomic E-state index is 12.0. The van der Waals surface area contributed by atoms with Gasteiger partial charge in [-0.15, -0.1) is 24.8 Å². The number of hydrogen-bond acceptors (Lipinski definition) is 5. The van der Waals surface area contributed by atoms with Gasteiger partial charge in [-0.25, -0.2) is 4.79 Å². The van der Waals surface area contributed by atoms with E-state index in [2.05, 4.69) is 29.7 Å². The molecule has 2 rings (SSSR count). The smallest absolute Gasteiger partial charge is 0.339 e. The maximum atomic E-state index is 12.0. The van der Waals surface area contributed by atoms with Crippen LogP contribution in [0.2, 0.25) is 0 Å². The Morgan fingerprint density at radius 1 is 0.812 bits per heavy atom. The Morgan fingerprint density at radius 3 is 1.97 bits per heavy atom. The molecule has 0 aliphatic carbocycles. The molecule has 0 aliphatic rings. The Morgan fingerprint density at radius 2 is 1.38 bits per heavy atom. The molecule has 0 radical (unpaired) electrons. The number of nitrogens with two attached hydrogens (primary N) is 2. The van der Waals surface area contributed by atoms with Gasteiger partial charge in [0.25, 0.3) is 5.91 Å². The summed E-state index contributed by atoms with van der Waals surface area (Å²) in [6.45, 7) is 0.560. The van der Waals surface area contributed by atoms with Crippen LogP contribution in [0.3, 0.4) is 0 Å². The monoisotopic (exact) mass is 483 g/mol. The SMILES string of the molecule is Cl.Cl.NCCCCC(N)C(=O)ONC(=O)Cc1ccc(CCCCc2ccccc2)cc1. The second-order valence-electron chi connectivity index (χ2n) is 7.52. The number of aryl methyl sites for hydroxylation is 2. The summed E-state index contributed by atoms with van der Waals surface area (Å²) in [5.74, 6) is -1.01. The molecule has 0 bridgehead atoms. The lowest BCUT2D eigenvalue weighted by atomic mass is 10.0. The molecule has 0 aliphatic heterocycles. The molecule has 0 fully saturated rings. The van der Waals surface area contributed by atoms with Gasteiger partial charge in [0, 0.05) is 0 Å². The van der Waals surface area contributed by atoms with Crippen molar-refractivity contribution in [3.63, 3.8) is 0 Å². The highest BCUT2D eigenvalue weighted by molar-refractivity contribution is 5.85. The van der Waals surface area contributed by atoms with Crippen molar-refractivity contribution >= 4 is 36.7 Å². The van der Waals surface area contributed by atoms with E-state index in [0.29, 0.717) is 13.0 Å². The summed E-state index contributed by atoms with van der Waals surface area (Å²) in [7, 11) is 0. The van der Waals surface area contributed by atoms with E-state index < -0.39 is 12.0 Å². The van der Waals surface area contributed by atoms with Crippen LogP contribution in [-0.4, -0.2) is 24.5 Å². The van der Waals surface area contributed by atoms with E-state index in [4.69, 9.17) is 16.3 Å². The summed E-state index contributed by atoms with van der Waals surface area (Å²) < 4.78 is 0. The molecule has 178 valence electrons. The number of hydrogen-bond donors (Lipinski definition) is 3. The van der Waals surface area contributed by atoms with Crippen LogP contribution in [0.5, 0.6) is 0 Å².